The van der Waals surface area contributed by atoms with Gasteiger partial charge >= 0.3 is 5.97 Å². The lowest BCUT2D eigenvalue weighted by Gasteiger charge is -2.35. The van der Waals surface area contributed by atoms with Gasteiger partial charge in [0.15, 0.2) is 0 Å². The second-order valence-corrected chi connectivity index (χ2v) is 6.12. The summed E-state index contributed by atoms with van der Waals surface area (Å²) in [5, 5.41) is 9.05. The van der Waals surface area contributed by atoms with Crippen LogP contribution < -0.4 is 4.90 Å². The third-order valence-electron chi connectivity index (χ3n) is 4.51. The highest BCUT2D eigenvalue weighted by atomic mass is 16.4. The Morgan fingerprint density at radius 2 is 1.76 bits per heavy atom. The molecule has 3 nitrogen and oxygen atoms in total. The Bertz CT molecular complexity index is 450. The molecule has 0 aromatic heterocycles. The van der Waals surface area contributed by atoms with E-state index in [0.29, 0.717) is 12.6 Å². The maximum atomic E-state index is 11.0. The largest absolute Gasteiger partial charge is 0.481 e. The van der Waals surface area contributed by atoms with E-state index < -0.39 is 5.97 Å². The van der Waals surface area contributed by atoms with E-state index in [2.05, 4.69) is 30.0 Å². The minimum Gasteiger partial charge on any atom is -0.481 e. The van der Waals surface area contributed by atoms with Crippen molar-refractivity contribution in [3.8, 4) is 0 Å². The van der Waals surface area contributed by atoms with Crippen molar-refractivity contribution in [3.05, 3.63) is 29.8 Å². The molecule has 0 amide bonds. The second-order valence-electron chi connectivity index (χ2n) is 6.12. The van der Waals surface area contributed by atoms with Crippen molar-refractivity contribution >= 4 is 11.7 Å². The van der Waals surface area contributed by atoms with Gasteiger partial charge in [-0.1, -0.05) is 50.3 Å². The van der Waals surface area contributed by atoms with Crippen LogP contribution in [0.15, 0.2) is 24.3 Å². The van der Waals surface area contributed by atoms with Crippen molar-refractivity contribution in [2.45, 2.75) is 64.3 Å². The SMILES string of the molecule is Cc1ccccc1N(CCC(=O)O)C1CCCCCCC1. The fourth-order valence-corrected chi connectivity index (χ4v) is 3.35. The zero-order valence-corrected chi connectivity index (χ0v) is 13.1. The average molecular weight is 289 g/mol. The van der Waals surface area contributed by atoms with Crippen LogP contribution in [0, 0.1) is 6.92 Å². The van der Waals surface area contributed by atoms with E-state index in [-0.39, 0.29) is 6.42 Å². The quantitative estimate of drug-likeness (QED) is 0.874. The number of rotatable bonds is 5. The van der Waals surface area contributed by atoms with E-state index in [4.69, 9.17) is 5.11 Å². The summed E-state index contributed by atoms with van der Waals surface area (Å²) in [5.41, 5.74) is 2.45. The molecule has 21 heavy (non-hydrogen) atoms. The van der Waals surface area contributed by atoms with Gasteiger partial charge in [-0.3, -0.25) is 4.79 Å². The lowest BCUT2D eigenvalue weighted by Crippen LogP contribution is -2.38. The van der Waals surface area contributed by atoms with Gasteiger partial charge in [0.05, 0.1) is 6.42 Å². The van der Waals surface area contributed by atoms with Crippen LogP contribution in [0.1, 0.15) is 56.9 Å². The lowest BCUT2D eigenvalue weighted by molar-refractivity contribution is -0.136. The highest BCUT2D eigenvalue weighted by molar-refractivity contribution is 5.68. The van der Waals surface area contributed by atoms with Crippen molar-refractivity contribution in [3.63, 3.8) is 0 Å². The minimum absolute atomic E-state index is 0.213. The molecule has 0 bridgehead atoms. The first-order valence-corrected chi connectivity index (χ1v) is 8.22. The number of carboxylic acid groups (broad SMARTS) is 1. The van der Waals surface area contributed by atoms with Gasteiger partial charge in [-0.15, -0.1) is 0 Å². The summed E-state index contributed by atoms with van der Waals surface area (Å²) in [6, 6.07) is 8.85. The molecule has 0 saturated heterocycles. The van der Waals surface area contributed by atoms with Crippen LogP contribution in [0.5, 0.6) is 0 Å². The van der Waals surface area contributed by atoms with E-state index >= 15 is 0 Å². The van der Waals surface area contributed by atoms with Gasteiger partial charge in [0, 0.05) is 18.3 Å². The molecule has 1 aliphatic carbocycles. The highest BCUT2D eigenvalue weighted by Gasteiger charge is 2.21. The third kappa shape index (κ3) is 4.76. The molecule has 1 aromatic rings. The predicted molar refractivity (Wildman–Crippen MR) is 86.9 cm³/mol. The number of carbonyl (C=O) groups is 1. The van der Waals surface area contributed by atoms with Crippen LogP contribution in [-0.2, 0) is 4.79 Å². The number of anilines is 1. The smallest absolute Gasteiger partial charge is 0.305 e. The molecule has 1 aromatic carbocycles. The van der Waals surface area contributed by atoms with Gasteiger partial charge in [-0.05, 0) is 31.4 Å². The van der Waals surface area contributed by atoms with E-state index in [0.717, 1.165) is 0 Å². The predicted octanol–water partition coefficient (Wildman–Crippen LogP) is 4.39. The summed E-state index contributed by atoms with van der Waals surface area (Å²) in [6.07, 6.45) is 9.10. The molecule has 0 heterocycles. The third-order valence-corrected chi connectivity index (χ3v) is 4.51. The summed E-state index contributed by atoms with van der Waals surface area (Å²) in [4.78, 5) is 13.4. The zero-order valence-electron chi connectivity index (χ0n) is 13.1. The molecule has 116 valence electrons. The number of benzene rings is 1. The number of carboxylic acids is 1. The topological polar surface area (TPSA) is 40.5 Å². The molecule has 3 heteroatoms. The van der Waals surface area contributed by atoms with E-state index in [1.54, 1.807) is 0 Å². The Labute approximate surface area is 128 Å². The first kappa shape index (κ1) is 15.9. The van der Waals surface area contributed by atoms with Gasteiger partial charge < -0.3 is 10.0 Å². The van der Waals surface area contributed by atoms with Gasteiger partial charge in [-0.25, -0.2) is 0 Å². The molecule has 0 radical (unpaired) electrons. The van der Waals surface area contributed by atoms with Gasteiger partial charge in [0.1, 0.15) is 0 Å². The molecule has 1 N–H and O–H groups in total. The molecule has 1 saturated carbocycles. The van der Waals surface area contributed by atoms with Crippen LogP contribution >= 0.6 is 0 Å². The van der Waals surface area contributed by atoms with Gasteiger partial charge in [0.25, 0.3) is 0 Å². The summed E-state index contributed by atoms with van der Waals surface area (Å²) < 4.78 is 0. The van der Waals surface area contributed by atoms with Crippen molar-refractivity contribution in [2.24, 2.45) is 0 Å². The average Bonchev–Trinajstić information content (AvgIpc) is 2.42. The standard InChI is InChI=1S/C18H27NO2/c1-15-9-7-8-12-17(15)19(14-13-18(20)21)16-10-5-3-2-4-6-11-16/h7-9,12,16H,2-6,10-11,13-14H2,1H3,(H,20,21). The van der Waals surface area contributed by atoms with Crippen molar-refractivity contribution in [1.82, 2.24) is 0 Å². The number of hydrogen-bond donors (Lipinski definition) is 1. The molecule has 0 aliphatic heterocycles. The summed E-state index contributed by atoms with van der Waals surface area (Å²) in [6.45, 7) is 2.73. The number of hydrogen-bond acceptors (Lipinski definition) is 2. The maximum absolute atomic E-state index is 11.0. The Kier molecular flexibility index (Phi) is 6.09. The van der Waals surface area contributed by atoms with Crippen LogP contribution in [0.25, 0.3) is 0 Å². The number of para-hydroxylation sites is 1. The first-order valence-electron chi connectivity index (χ1n) is 8.22. The van der Waals surface area contributed by atoms with E-state index in [1.807, 2.05) is 6.07 Å². The monoisotopic (exact) mass is 289 g/mol. The Morgan fingerprint density at radius 3 is 2.38 bits per heavy atom. The molecule has 1 fully saturated rings. The minimum atomic E-state index is -0.709. The molecular weight excluding hydrogens is 262 g/mol. The van der Waals surface area contributed by atoms with Crippen molar-refractivity contribution in [2.75, 3.05) is 11.4 Å². The molecule has 0 spiro atoms. The molecule has 1 aliphatic rings. The lowest BCUT2D eigenvalue weighted by atomic mass is 9.94. The van der Waals surface area contributed by atoms with Crippen LogP contribution in [0.2, 0.25) is 0 Å². The second kappa shape index (κ2) is 8.06. The normalized spacial score (nSPS) is 17.0. The van der Waals surface area contributed by atoms with Crippen molar-refractivity contribution in [1.29, 1.82) is 0 Å². The fraction of sp³-hybridized carbons (Fsp3) is 0.611. The molecule has 0 atom stereocenters. The van der Waals surface area contributed by atoms with Crippen LogP contribution in [0.4, 0.5) is 5.69 Å². The number of nitrogens with zero attached hydrogens (tertiary/aromatic N) is 1. The highest BCUT2D eigenvalue weighted by Crippen LogP contribution is 2.28. The van der Waals surface area contributed by atoms with Gasteiger partial charge in [-0.2, -0.15) is 0 Å². The first-order chi connectivity index (χ1) is 10.2. The Hall–Kier alpha value is -1.51. The Balaban J connectivity index is 2.17. The van der Waals surface area contributed by atoms with Crippen LogP contribution in [0.3, 0.4) is 0 Å². The summed E-state index contributed by atoms with van der Waals surface area (Å²) in [5.74, 6) is -0.709. The molecule has 0 unspecified atom stereocenters. The zero-order chi connectivity index (χ0) is 15.1. The van der Waals surface area contributed by atoms with E-state index in [1.165, 1.54) is 56.2 Å². The summed E-state index contributed by atoms with van der Waals surface area (Å²) in [7, 11) is 0. The van der Waals surface area contributed by atoms with Gasteiger partial charge in [0.2, 0.25) is 0 Å². The molecule has 2 rings (SSSR count). The van der Waals surface area contributed by atoms with E-state index in [9.17, 15) is 4.79 Å². The number of aliphatic carboxylic acids is 1. The van der Waals surface area contributed by atoms with Crippen molar-refractivity contribution < 1.29 is 9.90 Å². The number of aryl methyl sites for hydroxylation is 1. The maximum Gasteiger partial charge on any atom is 0.305 e. The Morgan fingerprint density at radius 1 is 1.14 bits per heavy atom. The molecular formula is C18H27NO2. The fourth-order valence-electron chi connectivity index (χ4n) is 3.35. The van der Waals surface area contributed by atoms with Crippen LogP contribution in [-0.4, -0.2) is 23.7 Å². The summed E-state index contributed by atoms with van der Waals surface area (Å²) >= 11 is 0.